The van der Waals surface area contributed by atoms with Crippen LogP contribution < -0.4 is 11.1 Å². The molecule has 0 aliphatic carbocycles. The number of nitrogens with zero attached hydrogens (tertiary/aromatic N) is 1. The summed E-state index contributed by atoms with van der Waals surface area (Å²) in [6.07, 6.45) is 3.02. The van der Waals surface area contributed by atoms with Crippen LogP contribution in [0.4, 0.5) is 0 Å². The monoisotopic (exact) mass is 227 g/mol. The molecule has 94 valence electrons. The van der Waals surface area contributed by atoms with E-state index in [9.17, 15) is 4.79 Å². The van der Waals surface area contributed by atoms with Gasteiger partial charge in [0.05, 0.1) is 6.04 Å². The maximum Gasteiger partial charge on any atom is 0.237 e. The highest BCUT2D eigenvalue weighted by Crippen LogP contribution is 2.10. The van der Waals surface area contributed by atoms with Crippen molar-refractivity contribution in [3.63, 3.8) is 0 Å². The van der Waals surface area contributed by atoms with Gasteiger partial charge in [0.2, 0.25) is 5.91 Å². The predicted octanol–water partition coefficient (Wildman–Crippen LogP) is 0.570. The van der Waals surface area contributed by atoms with Crippen molar-refractivity contribution in [1.29, 1.82) is 0 Å². The summed E-state index contributed by atoms with van der Waals surface area (Å²) < 4.78 is 0. The third-order valence-electron chi connectivity index (χ3n) is 3.62. The summed E-state index contributed by atoms with van der Waals surface area (Å²) >= 11 is 0. The molecule has 1 amide bonds. The molecule has 0 aromatic carbocycles. The van der Waals surface area contributed by atoms with Gasteiger partial charge in [0.25, 0.3) is 0 Å². The highest BCUT2D eigenvalue weighted by atomic mass is 16.2. The lowest BCUT2D eigenvalue weighted by atomic mass is 9.98. The van der Waals surface area contributed by atoms with E-state index < -0.39 is 0 Å². The SMILES string of the molecule is CCC(C)C(N)C(=O)NC1CCN(C)CC1. The minimum absolute atomic E-state index is 0.0175. The van der Waals surface area contributed by atoms with E-state index in [-0.39, 0.29) is 17.9 Å². The van der Waals surface area contributed by atoms with Gasteiger partial charge in [0, 0.05) is 6.04 Å². The van der Waals surface area contributed by atoms with E-state index >= 15 is 0 Å². The number of hydrogen-bond acceptors (Lipinski definition) is 3. The van der Waals surface area contributed by atoms with Crippen LogP contribution in [0.15, 0.2) is 0 Å². The largest absolute Gasteiger partial charge is 0.352 e. The van der Waals surface area contributed by atoms with Crippen LogP contribution in [0.3, 0.4) is 0 Å². The van der Waals surface area contributed by atoms with Gasteiger partial charge in [-0.1, -0.05) is 20.3 Å². The Labute approximate surface area is 98.6 Å². The molecule has 4 nitrogen and oxygen atoms in total. The molecule has 16 heavy (non-hydrogen) atoms. The molecule has 0 bridgehead atoms. The second-order valence-electron chi connectivity index (χ2n) is 5.00. The van der Waals surface area contributed by atoms with Crippen molar-refractivity contribution >= 4 is 5.91 Å². The van der Waals surface area contributed by atoms with Crippen LogP contribution in [0, 0.1) is 5.92 Å². The fraction of sp³-hybridized carbons (Fsp3) is 0.917. The van der Waals surface area contributed by atoms with Crippen LogP contribution >= 0.6 is 0 Å². The van der Waals surface area contributed by atoms with Gasteiger partial charge in [-0.25, -0.2) is 0 Å². The van der Waals surface area contributed by atoms with Crippen molar-refractivity contribution in [3.05, 3.63) is 0 Å². The number of nitrogens with two attached hydrogens (primary N) is 1. The van der Waals surface area contributed by atoms with Crippen LogP contribution in [0.25, 0.3) is 0 Å². The molecule has 0 saturated carbocycles. The number of piperidine rings is 1. The van der Waals surface area contributed by atoms with Crippen molar-refractivity contribution in [2.45, 2.75) is 45.2 Å². The molecule has 1 fully saturated rings. The van der Waals surface area contributed by atoms with E-state index in [0.717, 1.165) is 32.4 Å². The first-order valence-electron chi connectivity index (χ1n) is 6.29. The first-order chi connectivity index (χ1) is 7.54. The number of hydrogen-bond donors (Lipinski definition) is 2. The maximum atomic E-state index is 11.8. The molecule has 3 N–H and O–H groups in total. The average molecular weight is 227 g/mol. The molecule has 1 heterocycles. The van der Waals surface area contributed by atoms with Crippen molar-refractivity contribution in [3.8, 4) is 0 Å². The van der Waals surface area contributed by atoms with Gasteiger partial charge in [0.15, 0.2) is 0 Å². The molecular formula is C12H25N3O. The zero-order valence-corrected chi connectivity index (χ0v) is 10.7. The van der Waals surface area contributed by atoms with Crippen LogP contribution in [-0.4, -0.2) is 43.0 Å². The molecule has 2 unspecified atom stereocenters. The number of carbonyl (C=O) groups excluding carboxylic acids is 1. The number of rotatable bonds is 4. The summed E-state index contributed by atoms with van der Waals surface area (Å²) in [6.45, 7) is 6.21. The average Bonchev–Trinajstić information content (AvgIpc) is 2.30. The summed E-state index contributed by atoms with van der Waals surface area (Å²) in [7, 11) is 2.11. The minimum atomic E-state index is -0.357. The summed E-state index contributed by atoms with van der Waals surface area (Å²) in [4.78, 5) is 14.1. The van der Waals surface area contributed by atoms with Gasteiger partial charge in [-0.2, -0.15) is 0 Å². The third-order valence-corrected chi connectivity index (χ3v) is 3.62. The Morgan fingerprint density at radius 3 is 2.56 bits per heavy atom. The van der Waals surface area contributed by atoms with Crippen molar-refractivity contribution in [2.24, 2.45) is 11.7 Å². The topological polar surface area (TPSA) is 58.4 Å². The van der Waals surface area contributed by atoms with E-state index in [1.807, 2.05) is 6.92 Å². The Morgan fingerprint density at radius 2 is 2.06 bits per heavy atom. The number of carbonyl (C=O) groups is 1. The highest BCUT2D eigenvalue weighted by molar-refractivity contribution is 5.82. The molecule has 2 atom stereocenters. The first kappa shape index (κ1) is 13.5. The summed E-state index contributed by atoms with van der Waals surface area (Å²) in [5.74, 6) is 0.273. The lowest BCUT2D eigenvalue weighted by molar-refractivity contribution is -0.124. The predicted molar refractivity (Wildman–Crippen MR) is 66.1 cm³/mol. The summed E-state index contributed by atoms with van der Waals surface area (Å²) in [5, 5.41) is 3.06. The Kier molecular flexibility index (Phi) is 5.22. The molecular weight excluding hydrogens is 202 g/mol. The minimum Gasteiger partial charge on any atom is -0.352 e. The van der Waals surface area contributed by atoms with Gasteiger partial charge in [-0.3, -0.25) is 4.79 Å². The van der Waals surface area contributed by atoms with E-state index in [1.165, 1.54) is 0 Å². The molecule has 0 radical (unpaired) electrons. The number of likely N-dealkylation sites (tertiary alicyclic amines) is 1. The Morgan fingerprint density at radius 1 is 1.50 bits per heavy atom. The first-order valence-corrected chi connectivity index (χ1v) is 6.29. The Balaban J connectivity index is 2.33. The van der Waals surface area contributed by atoms with Crippen LogP contribution in [0.1, 0.15) is 33.1 Å². The Hall–Kier alpha value is -0.610. The zero-order valence-electron chi connectivity index (χ0n) is 10.7. The fourth-order valence-electron chi connectivity index (χ4n) is 1.96. The Bertz CT molecular complexity index is 224. The smallest absolute Gasteiger partial charge is 0.237 e. The molecule has 1 saturated heterocycles. The van der Waals surface area contributed by atoms with Crippen LogP contribution in [0.5, 0.6) is 0 Å². The van der Waals surface area contributed by atoms with Crippen molar-refractivity contribution in [2.75, 3.05) is 20.1 Å². The van der Waals surface area contributed by atoms with E-state index in [1.54, 1.807) is 0 Å². The number of amides is 1. The standard InChI is InChI=1S/C12H25N3O/c1-4-9(2)11(13)12(16)14-10-5-7-15(3)8-6-10/h9-11H,4-8,13H2,1-3H3,(H,14,16). The van der Waals surface area contributed by atoms with Crippen molar-refractivity contribution in [1.82, 2.24) is 10.2 Å². The second kappa shape index (κ2) is 6.21. The highest BCUT2D eigenvalue weighted by Gasteiger charge is 2.23. The van der Waals surface area contributed by atoms with Crippen LogP contribution in [0.2, 0.25) is 0 Å². The summed E-state index contributed by atoms with van der Waals surface area (Å²) in [6, 6.07) is -0.0385. The third kappa shape index (κ3) is 3.76. The van der Waals surface area contributed by atoms with E-state index in [4.69, 9.17) is 5.73 Å². The zero-order chi connectivity index (χ0) is 12.1. The summed E-state index contributed by atoms with van der Waals surface area (Å²) in [5.41, 5.74) is 5.89. The lowest BCUT2D eigenvalue weighted by Crippen LogP contribution is -2.50. The van der Waals surface area contributed by atoms with E-state index in [0.29, 0.717) is 6.04 Å². The number of nitrogens with one attached hydrogen (secondary N) is 1. The molecule has 0 spiro atoms. The van der Waals surface area contributed by atoms with Gasteiger partial charge in [0.1, 0.15) is 0 Å². The second-order valence-corrected chi connectivity index (χ2v) is 5.00. The molecule has 1 rings (SSSR count). The van der Waals surface area contributed by atoms with Crippen molar-refractivity contribution < 1.29 is 4.79 Å². The normalized spacial score (nSPS) is 22.8. The maximum absolute atomic E-state index is 11.8. The van der Waals surface area contributed by atoms with Crippen LogP contribution in [-0.2, 0) is 4.79 Å². The van der Waals surface area contributed by atoms with Gasteiger partial charge < -0.3 is 16.0 Å². The molecule has 1 aliphatic heterocycles. The molecule has 4 heteroatoms. The lowest BCUT2D eigenvalue weighted by Gasteiger charge is -2.30. The molecule has 0 aromatic heterocycles. The fourth-order valence-corrected chi connectivity index (χ4v) is 1.96. The van der Waals surface area contributed by atoms with E-state index in [2.05, 4.69) is 24.2 Å². The quantitative estimate of drug-likeness (QED) is 0.738. The molecule has 0 aromatic rings. The van der Waals surface area contributed by atoms with Gasteiger partial charge in [-0.05, 0) is 38.9 Å². The molecule has 1 aliphatic rings. The van der Waals surface area contributed by atoms with Gasteiger partial charge in [-0.15, -0.1) is 0 Å². The van der Waals surface area contributed by atoms with Gasteiger partial charge >= 0.3 is 0 Å².